The van der Waals surface area contributed by atoms with Gasteiger partial charge >= 0.3 is 0 Å². The highest BCUT2D eigenvalue weighted by Gasteiger charge is 2.29. The van der Waals surface area contributed by atoms with Gasteiger partial charge in [0.2, 0.25) is 10.0 Å². The number of hydrogen-bond donors (Lipinski definition) is 2. The van der Waals surface area contributed by atoms with E-state index in [1.807, 2.05) is 0 Å². The van der Waals surface area contributed by atoms with E-state index in [-0.39, 0.29) is 5.25 Å². The standard InChI is InChI=1S/C21H30N2O2S/c1-16(2)26(24,25)23-14-7-3-6-13-22-21-12-8-11-19-18-10-5-4-9-17(18)15-20(19)21/h4-5,8-10,12,16,19,22-23H,3,6-7,11,13-15H2,1-2H3. The molecule has 1 atom stereocenters. The Balaban J connectivity index is 1.42. The van der Waals surface area contributed by atoms with Crippen LogP contribution in [-0.4, -0.2) is 26.8 Å². The Bertz CT molecular complexity index is 794. The van der Waals surface area contributed by atoms with E-state index in [0.717, 1.165) is 38.6 Å². The molecule has 3 rings (SSSR count). The molecule has 0 bridgehead atoms. The van der Waals surface area contributed by atoms with Crippen LogP contribution in [0, 0.1) is 0 Å². The number of fused-ring (bicyclic) bond motifs is 3. The average molecular weight is 375 g/mol. The monoisotopic (exact) mass is 374 g/mol. The Morgan fingerprint density at radius 2 is 1.88 bits per heavy atom. The van der Waals surface area contributed by atoms with E-state index in [1.165, 1.54) is 22.4 Å². The molecule has 1 unspecified atom stereocenters. The third-order valence-corrected chi connectivity index (χ3v) is 7.17. The zero-order chi connectivity index (χ0) is 18.6. The molecule has 0 amide bonds. The summed E-state index contributed by atoms with van der Waals surface area (Å²) in [6, 6.07) is 8.78. The summed E-state index contributed by atoms with van der Waals surface area (Å²) in [7, 11) is -3.13. The molecule has 2 aliphatic rings. The molecule has 5 heteroatoms. The molecule has 0 aliphatic heterocycles. The van der Waals surface area contributed by atoms with Crippen LogP contribution in [0.15, 0.2) is 47.7 Å². The average Bonchev–Trinajstić information content (AvgIpc) is 3.00. The smallest absolute Gasteiger partial charge is 0.213 e. The predicted molar refractivity (Wildman–Crippen MR) is 108 cm³/mol. The van der Waals surface area contributed by atoms with Gasteiger partial charge in [0.25, 0.3) is 0 Å². The van der Waals surface area contributed by atoms with Crippen LogP contribution in [0.5, 0.6) is 0 Å². The number of benzene rings is 1. The van der Waals surface area contributed by atoms with Crippen molar-refractivity contribution in [2.24, 2.45) is 0 Å². The van der Waals surface area contributed by atoms with Gasteiger partial charge in [0.15, 0.2) is 0 Å². The van der Waals surface area contributed by atoms with Gasteiger partial charge in [-0.15, -0.1) is 0 Å². The Hall–Kier alpha value is -1.59. The second-order valence-corrected chi connectivity index (χ2v) is 9.80. The highest BCUT2D eigenvalue weighted by molar-refractivity contribution is 7.90. The Morgan fingerprint density at radius 1 is 1.12 bits per heavy atom. The number of unbranched alkanes of at least 4 members (excludes halogenated alkanes) is 2. The molecular weight excluding hydrogens is 344 g/mol. The fourth-order valence-electron chi connectivity index (χ4n) is 3.74. The molecule has 0 heterocycles. The third-order valence-electron chi connectivity index (χ3n) is 5.33. The van der Waals surface area contributed by atoms with Gasteiger partial charge < -0.3 is 5.32 Å². The summed E-state index contributed by atoms with van der Waals surface area (Å²) in [6.45, 7) is 4.87. The van der Waals surface area contributed by atoms with Crippen molar-refractivity contribution < 1.29 is 8.42 Å². The Kier molecular flexibility index (Phi) is 6.20. The second kappa shape index (κ2) is 8.40. The molecule has 1 aromatic carbocycles. The molecule has 0 saturated carbocycles. The van der Waals surface area contributed by atoms with Gasteiger partial charge in [0.05, 0.1) is 5.25 Å². The molecule has 0 spiro atoms. The van der Waals surface area contributed by atoms with Crippen LogP contribution < -0.4 is 10.0 Å². The second-order valence-electron chi connectivity index (χ2n) is 7.48. The fourth-order valence-corrected chi connectivity index (χ4v) is 4.50. The molecular formula is C21H30N2O2S. The minimum absolute atomic E-state index is 0.362. The van der Waals surface area contributed by atoms with Crippen molar-refractivity contribution in [1.82, 2.24) is 10.0 Å². The Labute approximate surface area is 157 Å². The first-order valence-electron chi connectivity index (χ1n) is 9.69. The van der Waals surface area contributed by atoms with Crippen LogP contribution in [0.3, 0.4) is 0 Å². The molecule has 142 valence electrons. The largest absolute Gasteiger partial charge is 0.385 e. The molecule has 2 aliphatic carbocycles. The van der Waals surface area contributed by atoms with Gasteiger partial charge in [-0.3, -0.25) is 0 Å². The van der Waals surface area contributed by atoms with Crippen LogP contribution in [0.1, 0.15) is 56.6 Å². The zero-order valence-corrected chi connectivity index (χ0v) is 16.6. The first-order valence-corrected chi connectivity index (χ1v) is 11.2. The molecule has 0 fully saturated rings. The van der Waals surface area contributed by atoms with Crippen LogP contribution in [-0.2, 0) is 16.4 Å². The Morgan fingerprint density at radius 3 is 2.69 bits per heavy atom. The normalized spacial score (nSPS) is 19.0. The molecule has 0 saturated heterocycles. The fraction of sp³-hybridized carbons (Fsp3) is 0.524. The first-order chi connectivity index (χ1) is 12.5. The van der Waals surface area contributed by atoms with Crippen molar-refractivity contribution in [1.29, 1.82) is 0 Å². The maximum Gasteiger partial charge on any atom is 0.213 e. The third kappa shape index (κ3) is 4.38. The number of hydrogen-bond acceptors (Lipinski definition) is 3. The lowest BCUT2D eigenvalue weighted by Gasteiger charge is -2.21. The summed E-state index contributed by atoms with van der Waals surface area (Å²) in [6.07, 6.45) is 9.62. The zero-order valence-electron chi connectivity index (χ0n) is 15.8. The van der Waals surface area contributed by atoms with E-state index in [9.17, 15) is 8.42 Å². The molecule has 0 aromatic heterocycles. The van der Waals surface area contributed by atoms with Gasteiger partial charge in [-0.1, -0.05) is 36.8 Å². The van der Waals surface area contributed by atoms with E-state index in [0.29, 0.717) is 12.5 Å². The van der Waals surface area contributed by atoms with E-state index in [1.54, 1.807) is 13.8 Å². The molecule has 2 N–H and O–H groups in total. The maximum atomic E-state index is 11.7. The van der Waals surface area contributed by atoms with Gasteiger partial charge in [-0.05, 0) is 62.3 Å². The highest BCUT2D eigenvalue weighted by atomic mass is 32.2. The van der Waals surface area contributed by atoms with E-state index in [2.05, 4.69) is 46.5 Å². The summed E-state index contributed by atoms with van der Waals surface area (Å²) in [5.74, 6) is 0.546. The van der Waals surface area contributed by atoms with E-state index >= 15 is 0 Å². The van der Waals surface area contributed by atoms with E-state index < -0.39 is 10.0 Å². The SMILES string of the molecule is CC(C)S(=O)(=O)NCCCCCNC1=C2Cc3ccccc3C2CC=C1. The summed E-state index contributed by atoms with van der Waals surface area (Å²) in [5, 5.41) is 3.25. The minimum atomic E-state index is -3.13. The summed E-state index contributed by atoms with van der Waals surface area (Å²) < 4.78 is 26.0. The van der Waals surface area contributed by atoms with Gasteiger partial charge in [0.1, 0.15) is 0 Å². The quantitative estimate of drug-likeness (QED) is 0.649. The van der Waals surface area contributed by atoms with Gasteiger partial charge in [-0.2, -0.15) is 0 Å². The van der Waals surface area contributed by atoms with Crippen LogP contribution in [0.2, 0.25) is 0 Å². The lowest BCUT2D eigenvalue weighted by molar-refractivity contribution is 0.564. The molecule has 1 aromatic rings. The van der Waals surface area contributed by atoms with Crippen molar-refractivity contribution in [3.05, 3.63) is 58.8 Å². The molecule has 26 heavy (non-hydrogen) atoms. The number of allylic oxidation sites excluding steroid dienone is 3. The summed E-state index contributed by atoms with van der Waals surface area (Å²) in [4.78, 5) is 0. The van der Waals surface area contributed by atoms with Crippen molar-refractivity contribution in [2.75, 3.05) is 13.1 Å². The van der Waals surface area contributed by atoms with Crippen LogP contribution >= 0.6 is 0 Å². The molecule has 0 radical (unpaired) electrons. The van der Waals surface area contributed by atoms with Crippen LogP contribution in [0.4, 0.5) is 0 Å². The van der Waals surface area contributed by atoms with Crippen molar-refractivity contribution >= 4 is 10.0 Å². The van der Waals surface area contributed by atoms with Gasteiger partial charge in [0, 0.05) is 24.7 Å². The number of rotatable bonds is 9. The summed E-state index contributed by atoms with van der Waals surface area (Å²) >= 11 is 0. The molecule has 4 nitrogen and oxygen atoms in total. The van der Waals surface area contributed by atoms with Gasteiger partial charge in [-0.25, -0.2) is 13.1 Å². The van der Waals surface area contributed by atoms with Crippen LogP contribution in [0.25, 0.3) is 0 Å². The first kappa shape index (κ1) is 19.2. The maximum absolute atomic E-state index is 11.7. The number of sulfonamides is 1. The minimum Gasteiger partial charge on any atom is -0.385 e. The highest BCUT2D eigenvalue weighted by Crippen LogP contribution is 2.43. The number of nitrogens with one attached hydrogen (secondary N) is 2. The lowest BCUT2D eigenvalue weighted by atomic mass is 9.89. The van der Waals surface area contributed by atoms with Crippen molar-refractivity contribution in [2.45, 2.75) is 57.1 Å². The predicted octanol–water partition coefficient (Wildman–Crippen LogP) is 3.63. The summed E-state index contributed by atoms with van der Waals surface area (Å²) in [5.41, 5.74) is 5.77. The lowest BCUT2D eigenvalue weighted by Crippen LogP contribution is -2.31. The van der Waals surface area contributed by atoms with Crippen molar-refractivity contribution in [3.8, 4) is 0 Å². The topological polar surface area (TPSA) is 58.2 Å². The van der Waals surface area contributed by atoms with Crippen molar-refractivity contribution in [3.63, 3.8) is 0 Å². The van der Waals surface area contributed by atoms with E-state index in [4.69, 9.17) is 0 Å².